The monoisotopic (exact) mass is 825 g/mol. The maximum atomic E-state index is 2.57. The average molecular weight is 826 g/mol. The van der Waals surface area contributed by atoms with Gasteiger partial charge in [-0.1, -0.05) is 190 Å². The van der Waals surface area contributed by atoms with Crippen LogP contribution in [0.25, 0.3) is 76.8 Å². The summed E-state index contributed by atoms with van der Waals surface area (Å²) in [6.45, 7) is 4.74. The molecule has 1 spiro atoms. The molecule has 0 saturated carbocycles. The van der Waals surface area contributed by atoms with Crippen LogP contribution in [-0.4, -0.2) is 0 Å². The van der Waals surface area contributed by atoms with E-state index in [4.69, 9.17) is 0 Å². The van der Waals surface area contributed by atoms with Crippen molar-refractivity contribution in [1.82, 2.24) is 0 Å². The minimum Gasteiger partial charge on any atom is -0.310 e. The Morgan fingerprint density at radius 1 is 0.262 bits per heavy atom. The van der Waals surface area contributed by atoms with Crippen molar-refractivity contribution in [3.05, 3.63) is 258 Å². The normalized spacial score (nSPS) is 14.2. The minimum absolute atomic E-state index is 0.124. The number of hydrogen-bond acceptors (Lipinski definition) is 1. The summed E-state index contributed by atoms with van der Waals surface area (Å²) in [7, 11) is 0. The smallest absolute Gasteiger partial charge is 0.0725 e. The first-order valence-corrected chi connectivity index (χ1v) is 22.9. The van der Waals surface area contributed by atoms with E-state index in [1.165, 1.54) is 110 Å². The number of hydrogen-bond donors (Lipinski definition) is 0. The lowest BCUT2D eigenvalue weighted by atomic mass is 9.70. The van der Waals surface area contributed by atoms with Gasteiger partial charge in [0.1, 0.15) is 0 Å². The molecule has 11 aromatic carbocycles. The molecular weight excluding hydrogens is 783 g/mol. The van der Waals surface area contributed by atoms with E-state index in [2.05, 4.69) is 243 Å². The third-order valence-electron chi connectivity index (χ3n) is 15.3. The van der Waals surface area contributed by atoms with Gasteiger partial charge in [0.05, 0.1) is 5.41 Å². The second-order valence-electron chi connectivity index (χ2n) is 18.8. The van der Waals surface area contributed by atoms with E-state index in [0.717, 1.165) is 17.1 Å². The Bertz CT molecular complexity index is 3750. The van der Waals surface area contributed by atoms with Crippen molar-refractivity contribution in [1.29, 1.82) is 0 Å². The summed E-state index contributed by atoms with van der Waals surface area (Å²) in [6.07, 6.45) is 0. The SMILES string of the molecule is CC1(C)c2ccccc2-c2ccc(N(c3ccc(-c4ccccc4)cc3)c3ccc4c(c3)c3ccccc3c3cc5c(cc43)C3(c4ccccc4-c4ccccc43)c3ccccc3-5)cc21. The Kier molecular flexibility index (Phi) is 7.45. The fraction of sp³-hybridized carbons (Fsp3) is 0.0625. The third kappa shape index (κ3) is 4.88. The molecule has 65 heavy (non-hydrogen) atoms. The molecule has 14 rings (SSSR count). The van der Waals surface area contributed by atoms with Crippen LogP contribution in [0.1, 0.15) is 47.2 Å². The first-order chi connectivity index (χ1) is 32.0. The van der Waals surface area contributed by atoms with E-state index in [-0.39, 0.29) is 5.41 Å². The second kappa shape index (κ2) is 13.3. The van der Waals surface area contributed by atoms with Gasteiger partial charge in [-0.15, -0.1) is 0 Å². The molecule has 3 aliphatic rings. The van der Waals surface area contributed by atoms with E-state index in [1.807, 2.05) is 0 Å². The molecule has 0 fully saturated rings. The number of rotatable bonds is 4. The predicted octanol–water partition coefficient (Wildman–Crippen LogP) is 16.9. The predicted molar refractivity (Wildman–Crippen MR) is 273 cm³/mol. The summed E-state index contributed by atoms with van der Waals surface area (Å²) < 4.78 is 0. The molecule has 0 N–H and O–H groups in total. The van der Waals surface area contributed by atoms with Gasteiger partial charge in [-0.3, -0.25) is 0 Å². The molecule has 0 amide bonds. The molecule has 0 saturated heterocycles. The van der Waals surface area contributed by atoms with E-state index in [9.17, 15) is 0 Å². The fourth-order valence-electron chi connectivity index (χ4n) is 12.4. The maximum absolute atomic E-state index is 2.57. The molecule has 11 aromatic rings. The highest BCUT2D eigenvalue weighted by Gasteiger charge is 2.51. The summed E-state index contributed by atoms with van der Waals surface area (Å²) in [6, 6.07) is 84.5. The third-order valence-corrected chi connectivity index (χ3v) is 15.3. The van der Waals surface area contributed by atoms with Crippen LogP contribution in [0, 0.1) is 0 Å². The zero-order chi connectivity index (χ0) is 43.0. The molecule has 0 aliphatic heterocycles. The van der Waals surface area contributed by atoms with Gasteiger partial charge in [0, 0.05) is 22.5 Å². The Morgan fingerprint density at radius 3 is 1.34 bits per heavy atom. The summed E-state index contributed by atoms with van der Waals surface area (Å²) in [5.74, 6) is 0. The van der Waals surface area contributed by atoms with Crippen molar-refractivity contribution in [3.8, 4) is 44.5 Å². The standard InChI is InChI=1S/C64H43N/c1-63(2)57-24-12-8-20-48(57)52-35-33-44(37-61(52)63)65(42-30-28-41(29-31-42)40-16-4-3-5-17-40)43-32-34-47-53(36-43)45-18-6-7-19-46(45)54-38-56-51-23-11-15-27-60(51)64(62(56)39-55(47)54)58-25-13-9-21-49(58)50-22-10-14-26-59(50)64/h3-39H,1-2H3. The Labute approximate surface area is 379 Å². The van der Waals surface area contributed by atoms with Crippen LogP contribution in [0.5, 0.6) is 0 Å². The van der Waals surface area contributed by atoms with Gasteiger partial charge in [0.25, 0.3) is 0 Å². The summed E-state index contributed by atoms with van der Waals surface area (Å²) in [5.41, 5.74) is 21.5. The topological polar surface area (TPSA) is 3.24 Å². The van der Waals surface area contributed by atoms with Gasteiger partial charge >= 0.3 is 0 Å². The van der Waals surface area contributed by atoms with E-state index >= 15 is 0 Å². The zero-order valence-corrected chi connectivity index (χ0v) is 36.3. The van der Waals surface area contributed by atoms with Crippen LogP contribution in [0.4, 0.5) is 17.1 Å². The number of anilines is 3. The van der Waals surface area contributed by atoms with Crippen molar-refractivity contribution >= 4 is 49.4 Å². The Hall–Kier alpha value is -8.00. The molecule has 0 atom stereocenters. The van der Waals surface area contributed by atoms with Gasteiger partial charge in [0.2, 0.25) is 0 Å². The molecular formula is C64H43N. The largest absolute Gasteiger partial charge is 0.310 e. The molecule has 0 radical (unpaired) electrons. The lowest BCUT2D eigenvalue weighted by Crippen LogP contribution is -2.25. The van der Waals surface area contributed by atoms with Crippen molar-refractivity contribution in [3.63, 3.8) is 0 Å². The number of fused-ring (bicyclic) bond motifs is 19. The van der Waals surface area contributed by atoms with E-state index in [0.29, 0.717) is 0 Å². The Balaban J connectivity index is 1.02. The van der Waals surface area contributed by atoms with Gasteiger partial charge in [-0.05, 0) is 159 Å². The lowest BCUT2D eigenvalue weighted by Gasteiger charge is -2.31. The minimum atomic E-state index is -0.408. The highest BCUT2D eigenvalue weighted by atomic mass is 15.1. The quantitative estimate of drug-likeness (QED) is 0.160. The molecule has 304 valence electrons. The van der Waals surface area contributed by atoms with Gasteiger partial charge in [-0.25, -0.2) is 0 Å². The molecule has 1 heteroatoms. The lowest BCUT2D eigenvalue weighted by molar-refractivity contribution is 0.660. The van der Waals surface area contributed by atoms with Crippen LogP contribution >= 0.6 is 0 Å². The molecule has 0 heterocycles. The molecule has 3 aliphatic carbocycles. The molecule has 1 nitrogen and oxygen atoms in total. The van der Waals surface area contributed by atoms with Crippen LogP contribution in [0.3, 0.4) is 0 Å². The highest BCUT2D eigenvalue weighted by molar-refractivity contribution is 6.27. The first kappa shape index (κ1) is 36.5. The van der Waals surface area contributed by atoms with Gasteiger partial charge < -0.3 is 4.90 Å². The van der Waals surface area contributed by atoms with Crippen molar-refractivity contribution < 1.29 is 0 Å². The Morgan fingerprint density at radius 2 is 0.692 bits per heavy atom. The molecule has 0 aromatic heterocycles. The van der Waals surface area contributed by atoms with Gasteiger partial charge in [0.15, 0.2) is 0 Å². The van der Waals surface area contributed by atoms with E-state index < -0.39 is 5.41 Å². The summed E-state index contributed by atoms with van der Waals surface area (Å²) in [5, 5.41) is 7.63. The van der Waals surface area contributed by atoms with Crippen molar-refractivity contribution in [2.24, 2.45) is 0 Å². The zero-order valence-electron chi connectivity index (χ0n) is 36.3. The van der Waals surface area contributed by atoms with Crippen molar-refractivity contribution in [2.45, 2.75) is 24.7 Å². The second-order valence-corrected chi connectivity index (χ2v) is 18.8. The van der Waals surface area contributed by atoms with Crippen LogP contribution in [0.2, 0.25) is 0 Å². The van der Waals surface area contributed by atoms with Crippen molar-refractivity contribution in [2.75, 3.05) is 4.90 Å². The maximum Gasteiger partial charge on any atom is 0.0725 e. The number of nitrogens with zero attached hydrogens (tertiary/aromatic N) is 1. The van der Waals surface area contributed by atoms with Crippen LogP contribution < -0.4 is 4.90 Å². The first-order valence-electron chi connectivity index (χ1n) is 22.9. The fourth-order valence-corrected chi connectivity index (χ4v) is 12.4. The molecule has 0 bridgehead atoms. The summed E-state index contributed by atoms with van der Waals surface area (Å²) >= 11 is 0. The molecule has 0 unspecified atom stereocenters. The highest BCUT2D eigenvalue weighted by Crippen LogP contribution is 2.63. The van der Waals surface area contributed by atoms with Crippen LogP contribution in [-0.2, 0) is 10.8 Å². The van der Waals surface area contributed by atoms with E-state index in [1.54, 1.807) is 0 Å². The summed E-state index contributed by atoms with van der Waals surface area (Å²) in [4.78, 5) is 2.47. The van der Waals surface area contributed by atoms with Gasteiger partial charge in [-0.2, -0.15) is 0 Å². The number of benzene rings is 11. The van der Waals surface area contributed by atoms with Crippen LogP contribution in [0.15, 0.2) is 224 Å². The average Bonchev–Trinajstić information content (AvgIpc) is 3.92.